The Hall–Kier alpha value is -1.56. The zero-order valence-electron chi connectivity index (χ0n) is 16.1. The molecular weight excluding hydrogens is 328 g/mol. The van der Waals surface area contributed by atoms with Gasteiger partial charge in [-0.05, 0) is 58.2 Å². The minimum absolute atomic E-state index is 0.00530. The van der Waals surface area contributed by atoms with E-state index in [9.17, 15) is 5.11 Å². The number of aliphatic hydroxyl groups excluding tert-OH is 1. The summed E-state index contributed by atoms with van der Waals surface area (Å²) in [5.74, 6) is 1.70. The first-order valence-corrected chi connectivity index (χ1v) is 9.65. The molecule has 3 atom stereocenters. The van der Waals surface area contributed by atoms with Crippen molar-refractivity contribution in [3.8, 4) is 11.5 Å². The molecule has 4 rings (SSSR count). The fraction of sp³-hybridized carbons (Fsp3) is 0.619. The van der Waals surface area contributed by atoms with Gasteiger partial charge in [0.25, 0.3) is 0 Å². The van der Waals surface area contributed by atoms with Gasteiger partial charge >= 0.3 is 0 Å². The van der Waals surface area contributed by atoms with Crippen LogP contribution in [0.4, 0.5) is 0 Å². The number of ether oxygens (including phenoxy) is 2. The first kappa shape index (κ1) is 17.8. The van der Waals surface area contributed by atoms with Crippen LogP contribution in [0.3, 0.4) is 0 Å². The van der Waals surface area contributed by atoms with Crippen molar-refractivity contribution in [3.05, 3.63) is 35.4 Å². The van der Waals surface area contributed by atoms with E-state index in [0.717, 1.165) is 44.1 Å². The fourth-order valence-corrected chi connectivity index (χ4v) is 4.80. The molecule has 0 aromatic heterocycles. The lowest BCUT2D eigenvalue weighted by Gasteiger charge is -2.36. The maximum absolute atomic E-state index is 10.1. The highest BCUT2D eigenvalue weighted by Gasteiger charge is 2.52. The molecule has 1 spiro atoms. The summed E-state index contributed by atoms with van der Waals surface area (Å²) in [6, 6.07) is 4.23. The smallest absolute Gasteiger partial charge is 0.166 e. The van der Waals surface area contributed by atoms with E-state index in [4.69, 9.17) is 9.47 Å². The third kappa shape index (κ3) is 2.92. The maximum Gasteiger partial charge on any atom is 0.166 e. The Morgan fingerprint density at radius 3 is 3.00 bits per heavy atom. The summed E-state index contributed by atoms with van der Waals surface area (Å²) in [5, 5.41) is 10.1. The third-order valence-electron chi connectivity index (χ3n) is 6.11. The van der Waals surface area contributed by atoms with Crippen molar-refractivity contribution in [3.63, 3.8) is 0 Å². The first-order valence-electron chi connectivity index (χ1n) is 9.65. The molecule has 1 N–H and O–H groups in total. The van der Waals surface area contributed by atoms with E-state index in [-0.39, 0.29) is 11.5 Å². The molecule has 1 aliphatic carbocycles. The van der Waals surface area contributed by atoms with Crippen molar-refractivity contribution in [2.24, 2.45) is 0 Å². The molecule has 2 heterocycles. The molecule has 5 nitrogen and oxygen atoms in total. The van der Waals surface area contributed by atoms with Crippen LogP contribution in [0.25, 0.3) is 0 Å². The van der Waals surface area contributed by atoms with Gasteiger partial charge in [0.05, 0.1) is 18.6 Å². The molecule has 0 bridgehead atoms. The van der Waals surface area contributed by atoms with Gasteiger partial charge in [0, 0.05) is 18.5 Å². The number of hydrogen-bond donors (Lipinski definition) is 1. The van der Waals surface area contributed by atoms with Gasteiger partial charge in [-0.2, -0.15) is 0 Å². The van der Waals surface area contributed by atoms with Crippen LogP contribution in [-0.2, 0) is 12.0 Å². The molecule has 3 aliphatic rings. The molecule has 142 valence electrons. The summed E-state index contributed by atoms with van der Waals surface area (Å²) in [6.07, 6.45) is 6.59. The zero-order valence-corrected chi connectivity index (χ0v) is 16.1. The van der Waals surface area contributed by atoms with Crippen LogP contribution >= 0.6 is 0 Å². The second-order valence-electron chi connectivity index (χ2n) is 8.12. The minimum atomic E-state index is -0.422. The fourth-order valence-electron chi connectivity index (χ4n) is 4.80. The predicted octanol–water partition coefficient (Wildman–Crippen LogP) is 2.17. The van der Waals surface area contributed by atoms with Crippen LogP contribution in [0, 0.1) is 0 Å². The molecule has 0 unspecified atom stereocenters. The van der Waals surface area contributed by atoms with Crippen LogP contribution < -0.4 is 9.47 Å². The standard InChI is InChI=1S/C21H30N2O3/c1-22(2)10-4-11-23-12-9-21-8-7-16(24)13-18(21)26-20-17(25-3)6-5-15(14-23)19(20)21/h5-8,16,18,24H,4,9-14H2,1-3H3/t16-,18-,21-/m1/s1. The SMILES string of the molecule is COc1ccc2c3c1O[C@@H]1C[C@H](O)C=C[C@]31CCN(CCCN(C)C)C2. The first-order chi connectivity index (χ1) is 12.5. The Balaban J connectivity index is 1.69. The second-order valence-corrected chi connectivity index (χ2v) is 8.12. The molecular formula is C21H30N2O3. The molecule has 26 heavy (non-hydrogen) atoms. The van der Waals surface area contributed by atoms with Crippen molar-refractivity contribution in [2.45, 2.75) is 43.4 Å². The Labute approximate surface area is 156 Å². The molecule has 0 fully saturated rings. The van der Waals surface area contributed by atoms with Crippen LogP contribution in [0.1, 0.15) is 30.4 Å². The zero-order chi connectivity index (χ0) is 18.3. The average Bonchev–Trinajstić information content (AvgIpc) is 2.85. The van der Waals surface area contributed by atoms with E-state index in [1.807, 2.05) is 12.1 Å². The van der Waals surface area contributed by atoms with Gasteiger partial charge in [0.2, 0.25) is 0 Å². The number of rotatable bonds is 5. The Kier molecular flexibility index (Phi) is 4.71. The Morgan fingerprint density at radius 1 is 1.38 bits per heavy atom. The molecule has 0 saturated heterocycles. The van der Waals surface area contributed by atoms with Crippen molar-refractivity contribution in [1.29, 1.82) is 0 Å². The van der Waals surface area contributed by atoms with E-state index in [1.54, 1.807) is 7.11 Å². The van der Waals surface area contributed by atoms with Gasteiger partial charge < -0.3 is 19.5 Å². The number of aliphatic hydroxyl groups is 1. The lowest BCUT2D eigenvalue weighted by molar-refractivity contribution is 0.0808. The van der Waals surface area contributed by atoms with Crippen LogP contribution in [-0.4, -0.2) is 68.0 Å². The largest absolute Gasteiger partial charge is 0.493 e. The highest BCUT2D eigenvalue weighted by molar-refractivity contribution is 5.60. The molecule has 1 aromatic carbocycles. The van der Waals surface area contributed by atoms with E-state index < -0.39 is 6.10 Å². The summed E-state index contributed by atoms with van der Waals surface area (Å²) in [6.45, 7) is 4.21. The van der Waals surface area contributed by atoms with Gasteiger partial charge in [0.15, 0.2) is 11.5 Å². The van der Waals surface area contributed by atoms with Crippen molar-refractivity contribution in [2.75, 3.05) is 40.8 Å². The van der Waals surface area contributed by atoms with Gasteiger partial charge in [-0.1, -0.05) is 18.2 Å². The minimum Gasteiger partial charge on any atom is -0.493 e. The van der Waals surface area contributed by atoms with Crippen LogP contribution in [0.2, 0.25) is 0 Å². The highest BCUT2D eigenvalue weighted by Crippen LogP contribution is 2.55. The van der Waals surface area contributed by atoms with E-state index in [1.165, 1.54) is 17.5 Å². The van der Waals surface area contributed by atoms with E-state index in [2.05, 4.69) is 36.0 Å². The predicted molar refractivity (Wildman–Crippen MR) is 102 cm³/mol. The highest BCUT2D eigenvalue weighted by atomic mass is 16.5. The molecule has 0 radical (unpaired) electrons. The molecule has 2 aliphatic heterocycles. The number of hydrogen-bond acceptors (Lipinski definition) is 5. The molecule has 0 amide bonds. The van der Waals surface area contributed by atoms with E-state index in [0.29, 0.717) is 6.42 Å². The summed E-state index contributed by atoms with van der Waals surface area (Å²) < 4.78 is 11.9. The van der Waals surface area contributed by atoms with Gasteiger partial charge in [-0.15, -0.1) is 0 Å². The average molecular weight is 358 g/mol. The monoisotopic (exact) mass is 358 g/mol. The van der Waals surface area contributed by atoms with Gasteiger partial charge in [-0.3, -0.25) is 4.90 Å². The summed E-state index contributed by atoms with van der Waals surface area (Å²) >= 11 is 0. The number of methoxy groups -OCH3 is 1. The maximum atomic E-state index is 10.1. The quantitative estimate of drug-likeness (QED) is 0.818. The van der Waals surface area contributed by atoms with Crippen LogP contribution in [0.5, 0.6) is 11.5 Å². The van der Waals surface area contributed by atoms with Gasteiger partial charge in [0.1, 0.15) is 6.10 Å². The topological polar surface area (TPSA) is 45.2 Å². The Bertz CT molecular complexity index is 703. The van der Waals surface area contributed by atoms with Crippen molar-refractivity contribution in [1.82, 2.24) is 9.80 Å². The summed E-state index contributed by atoms with van der Waals surface area (Å²) in [5.41, 5.74) is 2.50. The van der Waals surface area contributed by atoms with Gasteiger partial charge in [-0.25, -0.2) is 0 Å². The second kappa shape index (κ2) is 6.87. The van der Waals surface area contributed by atoms with Crippen LogP contribution in [0.15, 0.2) is 24.3 Å². The lowest BCUT2D eigenvalue weighted by atomic mass is 9.69. The van der Waals surface area contributed by atoms with Crippen molar-refractivity contribution < 1.29 is 14.6 Å². The summed E-state index contributed by atoms with van der Waals surface area (Å²) in [7, 11) is 5.96. The normalized spacial score (nSPS) is 29.9. The lowest BCUT2D eigenvalue weighted by Crippen LogP contribution is -2.43. The number of nitrogens with zero attached hydrogens (tertiary/aromatic N) is 2. The van der Waals surface area contributed by atoms with Crippen molar-refractivity contribution >= 4 is 0 Å². The number of benzene rings is 1. The Morgan fingerprint density at radius 2 is 2.23 bits per heavy atom. The summed E-state index contributed by atoms with van der Waals surface area (Å²) in [4.78, 5) is 4.81. The molecule has 1 aromatic rings. The van der Waals surface area contributed by atoms with E-state index >= 15 is 0 Å². The molecule has 5 heteroatoms. The third-order valence-corrected chi connectivity index (χ3v) is 6.11. The molecule has 0 saturated carbocycles.